The molecule has 4 heteroatoms. The molecule has 0 unspecified atom stereocenters. The van der Waals surface area contributed by atoms with Crippen molar-refractivity contribution in [1.82, 2.24) is 5.06 Å². The lowest BCUT2D eigenvalue weighted by atomic mass is 10.4. The highest BCUT2D eigenvalue weighted by Gasteiger charge is 2.04. The van der Waals surface area contributed by atoms with Gasteiger partial charge in [-0.25, -0.2) is 0 Å². The molecule has 0 heterocycles. The normalized spacial score (nSPS) is 10.2. The van der Waals surface area contributed by atoms with Crippen LogP contribution in [0.4, 0.5) is 0 Å². The van der Waals surface area contributed by atoms with E-state index >= 15 is 0 Å². The largest absolute Gasteiger partial charge is 0.469 e. The summed E-state index contributed by atoms with van der Waals surface area (Å²) >= 11 is 0. The van der Waals surface area contributed by atoms with E-state index in [2.05, 4.69) is 4.74 Å². The third kappa shape index (κ3) is 4.75. The number of ether oxygens (including phenoxy) is 1. The molecule has 0 bridgehead atoms. The summed E-state index contributed by atoms with van der Waals surface area (Å²) in [6, 6.07) is 0. The van der Waals surface area contributed by atoms with Crippen LogP contribution in [0.15, 0.2) is 0 Å². The van der Waals surface area contributed by atoms with E-state index in [1.165, 1.54) is 7.11 Å². The summed E-state index contributed by atoms with van der Waals surface area (Å²) in [6.45, 7) is 3.31. The van der Waals surface area contributed by atoms with E-state index in [-0.39, 0.29) is 5.97 Å². The van der Waals surface area contributed by atoms with E-state index in [9.17, 15) is 4.79 Å². The third-order valence-corrected chi connectivity index (χ3v) is 1.40. The topological polar surface area (TPSA) is 38.8 Å². The molecule has 0 aromatic carbocycles. The summed E-state index contributed by atoms with van der Waals surface area (Å²) in [5.74, 6) is -0.208. The Morgan fingerprint density at radius 1 is 1.45 bits per heavy atom. The predicted octanol–water partition coefficient (Wildman–Crippen LogP) is 0.433. The highest BCUT2D eigenvalue weighted by molar-refractivity contribution is 5.69. The Bertz CT molecular complexity index is 112. The van der Waals surface area contributed by atoms with Gasteiger partial charge < -0.3 is 9.57 Å². The van der Waals surface area contributed by atoms with Gasteiger partial charge in [0.05, 0.1) is 20.6 Å². The van der Waals surface area contributed by atoms with Crippen LogP contribution in [-0.4, -0.2) is 38.3 Å². The Labute approximate surface area is 67.0 Å². The minimum atomic E-state index is -0.208. The van der Waals surface area contributed by atoms with Crippen LogP contribution in [0.3, 0.4) is 0 Å². The average Bonchev–Trinajstić information content (AvgIpc) is 2.06. The Kier molecular flexibility index (Phi) is 5.78. The number of methoxy groups -OCH3 is 1. The van der Waals surface area contributed by atoms with Gasteiger partial charge in [0.1, 0.15) is 0 Å². The second-order valence-corrected chi connectivity index (χ2v) is 2.03. The molecule has 0 aromatic rings. The number of hydrogen-bond donors (Lipinski definition) is 0. The van der Waals surface area contributed by atoms with Gasteiger partial charge in [0, 0.05) is 13.1 Å². The number of carbonyl (C=O) groups is 1. The molecule has 0 aliphatic rings. The summed E-state index contributed by atoms with van der Waals surface area (Å²) in [4.78, 5) is 15.6. The smallest absolute Gasteiger partial charge is 0.306 e. The van der Waals surface area contributed by atoms with Crippen molar-refractivity contribution >= 4 is 5.97 Å². The van der Waals surface area contributed by atoms with Gasteiger partial charge in [0.2, 0.25) is 0 Å². The minimum absolute atomic E-state index is 0.208. The number of rotatable bonds is 5. The van der Waals surface area contributed by atoms with E-state index in [4.69, 9.17) is 4.84 Å². The lowest BCUT2D eigenvalue weighted by Gasteiger charge is -2.15. The van der Waals surface area contributed by atoms with Crippen LogP contribution in [-0.2, 0) is 14.4 Å². The molecule has 0 aliphatic heterocycles. The molecule has 0 radical (unpaired) electrons. The molecule has 0 amide bonds. The first-order chi connectivity index (χ1) is 5.24. The zero-order chi connectivity index (χ0) is 8.69. The number of hydrogen-bond acceptors (Lipinski definition) is 4. The van der Waals surface area contributed by atoms with E-state index in [0.29, 0.717) is 13.0 Å². The van der Waals surface area contributed by atoms with Crippen LogP contribution in [0.5, 0.6) is 0 Å². The highest BCUT2D eigenvalue weighted by Crippen LogP contribution is 1.91. The molecule has 66 valence electrons. The number of nitrogens with zero attached hydrogens (tertiary/aromatic N) is 1. The van der Waals surface area contributed by atoms with Gasteiger partial charge in [-0.3, -0.25) is 4.79 Å². The Hall–Kier alpha value is -0.610. The van der Waals surface area contributed by atoms with Crippen LogP contribution in [0.2, 0.25) is 0 Å². The first kappa shape index (κ1) is 10.4. The molecule has 0 saturated carbocycles. The van der Waals surface area contributed by atoms with Gasteiger partial charge in [-0.1, -0.05) is 6.92 Å². The molecule has 0 rings (SSSR count). The Balaban J connectivity index is 3.42. The van der Waals surface area contributed by atoms with Crippen LogP contribution in [0.1, 0.15) is 13.3 Å². The van der Waals surface area contributed by atoms with Crippen LogP contribution in [0.25, 0.3) is 0 Å². The molecule has 0 aromatic heterocycles. The van der Waals surface area contributed by atoms with Crippen molar-refractivity contribution in [3.63, 3.8) is 0 Å². The van der Waals surface area contributed by atoms with E-state index in [1.54, 1.807) is 12.2 Å². The Morgan fingerprint density at radius 3 is 2.45 bits per heavy atom. The molecule has 0 saturated heterocycles. The minimum Gasteiger partial charge on any atom is -0.469 e. The van der Waals surface area contributed by atoms with Gasteiger partial charge in [-0.15, -0.1) is 0 Å². The second-order valence-electron chi connectivity index (χ2n) is 2.03. The maximum absolute atomic E-state index is 10.6. The first-order valence-corrected chi connectivity index (χ1v) is 3.60. The molecule has 0 N–H and O–H groups in total. The average molecular weight is 161 g/mol. The maximum atomic E-state index is 10.6. The Morgan fingerprint density at radius 2 is 2.09 bits per heavy atom. The lowest BCUT2D eigenvalue weighted by Crippen LogP contribution is -2.25. The maximum Gasteiger partial charge on any atom is 0.306 e. The van der Waals surface area contributed by atoms with Crippen molar-refractivity contribution in [3.05, 3.63) is 0 Å². The summed E-state index contributed by atoms with van der Waals surface area (Å²) in [7, 11) is 2.96. The fourth-order valence-electron chi connectivity index (χ4n) is 0.697. The number of hydroxylamine groups is 2. The van der Waals surface area contributed by atoms with E-state index in [0.717, 1.165) is 6.54 Å². The molecule has 11 heavy (non-hydrogen) atoms. The molecule has 0 fully saturated rings. The standard InChI is InChI=1S/C7H15NO3/c1-4-8(11-3)6-5-7(9)10-2/h4-6H2,1-3H3. The number of esters is 1. The van der Waals surface area contributed by atoms with Crippen molar-refractivity contribution in [2.45, 2.75) is 13.3 Å². The van der Waals surface area contributed by atoms with Crippen LogP contribution in [0, 0.1) is 0 Å². The van der Waals surface area contributed by atoms with Gasteiger partial charge in [-0.05, 0) is 0 Å². The summed E-state index contributed by atoms with van der Waals surface area (Å²) in [5, 5.41) is 1.69. The first-order valence-electron chi connectivity index (χ1n) is 3.60. The van der Waals surface area contributed by atoms with Crippen LogP contribution >= 0.6 is 0 Å². The highest BCUT2D eigenvalue weighted by atomic mass is 16.7. The third-order valence-electron chi connectivity index (χ3n) is 1.40. The molecular formula is C7H15NO3. The van der Waals surface area contributed by atoms with Gasteiger partial charge in [-0.2, -0.15) is 5.06 Å². The zero-order valence-corrected chi connectivity index (χ0v) is 7.29. The molecule has 0 spiro atoms. The van der Waals surface area contributed by atoms with Crippen molar-refractivity contribution in [1.29, 1.82) is 0 Å². The van der Waals surface area contributed by atoms with Crippen molar-refractivity contribution < 1.29 is 14.4 Å². The fraction of sp³-hybridized carbons (Fsp3) is 0.857. The van der Waals surface area contributed by atoms with Gasteiger partial charge in [0.15, 0.2) is 0 Å². The van der Waals surface area contributed by atoms with Gasteiger partial charge in [0.25, 0.3) is 0 Å². The predicted molar refractivity (Wildman–Crippen MR) is 40.9 cm³/mol. The van der Waals surface area contributed by atoms with Crippen molar-refractivity contribution in [3.8, 4) is 0 Å². The monoisotopic (exact) mass is 161 g/mol. The molecule has 0 aliphatic carbocycles. The summed E-state index contributed by atoms with van der Waals surface area (Å²) < 4.78 is 4.47. The van der Waals surface area contributed by atoms with Gasteiger partial charge >= 0.3 is 5.97 Å². The zero-order valence-electron chi connectivity index (χ0n) is 7.29. The number of carbonyl (C=O) groups excluding carboxylic acids is 1. The van der Waals surface area contributed by atoms with E-state index < -0.39 is 0 Å². The van der Waals surface area contributed by atoms with Crippen molar-refractivity contribution in [2.75, 3.05) is 27.3 Å². The quantitative estimate of drug-likeness (QED) is 0.433. The summed E-state index contributed by atoms with van der Waals surface area (Å²) in [6.07, 6.45) is 0.373. The SMILES string of the molecule is CCN(CCC(=O)OC)OC. The molecule has 0 atom stereocenters. The van der Waals surface area contributed by atoms with Crippen molar-refractivity contribution in [2.24, 2.45) is 0 Å². The lowest BCUT2D eigenvalue weighted by molar-refractivity contribution is -0.150. The fourth-order valence-corrected chi connectivity index (χ4v) is 0.697. The molecular weight excluding hydrogens is 146 g/mol. The van der Waals surface area contributed by atoms with E-state index in [1.807, 2.05) is 6.92 Å². The second kappa shape index (κ2) is 6.12. The summed E-state index contributed by atoms with van der Waals surface area (Å²) in [5.41, 5.74) is 0. The molecule has 4 nitrogen and oxygen atoms in total. The van der Waals surface area contributed by atoms with Crippen LogP contribution < -0.4 is 0 Å².